The Bertz CT molecular complexity index is 702. The molecule has 1 amide bonds. The number of amides is 1. The number of ether oxygens (including phenoxy) is 2. The highest BCUT2D eigenvalue weighted by molar-refractivity contribution is 6.08. The zero-order chi connectivity index (χ0) is 18.1. The number of carbonyl (C=O) groups excluding carboxylic acids is 3. The van der Waals surface area contributed by atoms with Crippen molar-refractivity contribution in [3.8, 4) is 11.5 Å². The van der Waals surface area contributed by atoms with E-state index in [4.69, 9.17) is 15.2 Å². The number of ketones is 1. The number of hydrogen-bond donors (Lipinski definition) is 3. The molecule has 0 radical (unpaired) electrons. The minimum absolute atomic E-state index is 0.0117. The molecule has 0 spiro atoms. The number of hydrogen-bond acceptors (Lipinski definition) is 7. The Hall–Kier alpha value is -2.61. The van der Waals surface area contributed by atoms with Crippen LogP contribution in [0, 0.1) is 6.92 Å². The van der Waals surface area contributed by atoms with Gasteiger partial charge in [-0.3, -0.25) is 14.4 Å². The molecule has 1 saturated heterocycles. The van der Waals surface area contributed by atoms with Gasteiger partial charge in [0, 0.05) is 13.3 Å². The van der Waals surface area contributed by atoms with Crippen molar-refractivity contribution in [1.82, 2.24) is 5.32 Å². The van der Waals surface area contributed by atoms with Crippen molar-refractivity contribution in [3.05, 3.63) is 23.3 Å². The van der Waals surface area contributed by atoms with E-state index in [9.17, 15) is 19.5 Å². The molecular weight excluding hydrogens is 316 g/mol. The van der Waals surface area contributed by atoms with Gasteiger partial charge in [0.25, 0.3) is 0 Å². The molecule has 8 heteroatoms. The first kappa shape index (κ1) is 17.7. The van der Waals surface area contributed by atoms with Crippen molar-refractivity contribution in [2.45, 2.75) is 38.5 Å². The summed E-state index contributed by atoms with van der Waals surface area (Å²) in [4.78, 5) is 36.9. The number of phenolic OH excluding ortho intramolecular Hbond substituents is 1. The molecule has 1 aliphatic rings. The van der Waals surface area contributed by atoms with E-state index in [0.717, 1.165) is 0 Å². The molecule has 0 aliphatic carbocycles. The molecule has 0 unspecified atom stereocenters. The summed E-state index contributed by atoms with van der Waals surface area (Å²) in [6, 6.07) is 2.08. The summed E-state index contributed by atoms with van der Waals surface area (Å²) in [5, 5.41) is 12.7. The van der Waals surface area contributed by atoms with Gasteiger partial charge in [0.15, 0.2) is 11.5 Å². The van der Waals surface area contributed by atoms with Crippen molar-refractivity contribution in [2.75, 3.05) is 7.11 Å². The molecule has 1 aliphatic heterocycles. The highest BCUT2D eigenvalue weighted by atomic mass is 16.6. The summed E-state index contributed by atoms with van der Waals surface area (Å²) in [6.45, 7) is 2.86. The quantitative estimate of drug-likeness (QED) is 0.538. The van der Waals surface area contributed by atoms with Gasteiger partial charge >= 0.3 is 5.97 Å². The number of methoxy groups -OCH3 is 1. The topological polar surface area (TPSA) is 128 Å². The molecule has 2 rings (SSSR count). The van der Waals surface area contributed by atoms with E-state index in [-0.39, 0.29) is 29.9 Å². The van der Waals surface area contributed by atoms with Gasteiger partial charge in [-0.25, -0.2) is 0 Å². The van der Waals surface area contributed by atoms with Crippen LogP contribution in [0.25, 0.3) is 0 Å². The average molecular weight is 336 g/mol. The SMILES string of the molecule is COc1ccc(C)c(C(=O)[C@@]2(C)NC(=O)CC[C@@H](N)C(=O)O2)c1O. The predicted octanol–water partition coefficient (Wildman–Crippen LogP) is 0.389. The zero-order valence-corrected chi connectivity index (χ0v) is 13.7. The van der Waals surface area contributed by atoms with Crippen LogP contribution in [-0.2, 0) is 14.3 Å². The molecule has 2 atom stereocenters. The number of phenols is 1. The molecule has 1 fully saturated rings. The van der Waals surface area contributed by atoms with Gasteiger partial charge in [-0.05, 0) is 25.0 Å². The van der Waals surface area contributed by atoms with Crippen molar-refractivity contribution in [3.63, 3.8) is 0 Å². The lowest BCUT2D eigenvalue weighted by Gasteiger charge is -2.32. The summed E-state index contributed by atoms with van der Waals surface area (Å²) >= 11 is 0. The van der Waals surface area contributed by atoms with Crippen molar-refractivity contribution >= 4 is 17.7 Å². The number of nitrogens with one attached hydrogen (secondary N) is 1. The first-order valence-electron chi connectivity index (χ1n) is 7.40. The zero-order valence-electron chi connectivity index (χ0n) is 13.7. The molecule has 0 bridgehead atoms. The first-order chi connectivity index (χ1) is 11.2. The van der Waals surface area contributed by atoms with Crippen LogP contribution in [0.3, 0.4) is 0 Å². The lowest BCUT2D eigenvalue weighted by molar-refractivity contribution is -0.162. The van der Waals surface area contributed by atoms with Gasteiger partial charge in [-0.1, -0.05) is 6.07 Å². The average Bonchev–Trinajstić information content (AvgIpc) is 2.51. The Morgan fingerprint density at radius 1 is 1.46 bits per heavy atom. The van der Waals surface area contributed by atoms with Gasteiger partial charge in [0.05, 0.1) is 12.7 Å². The highest BCUT2D eigenvalue weighted by Gasteiger charge is 2.44. The fraction of sp³-hybridized carbons (Fsp3) is 0.438. The van der Waals surface area contributed by atoms with Crippen molar-refractivity contribution in [2.24, 2.45) is 5.73 Å². The van der Waals surface area contributed by atoms with E-state index >= 15 is 0 Å². The number of cyclic esters (lactones) is 1. The third-order valence-corrected chi connectivity index (χ3v) is 3.90. The van der Waals surface area contributed by atoms with E-state index in [1.165, 1.54) is 20.1 Å². The van der Waals surface area contributed by atoms with Crippen molar-refractivity contribution in [1.29, 1.82) is 0 Å². The number of carbonyl (C=O) groups is 3. The van der Waals surface area contributed by atoms with Crippen LogP contribution in [0.1, 0.15) is 35.7 Å². The van der Waals surface area contributed by atoms with Gasteiger partial charge in [-0.2, -0.15) is 0 Å². The predicted molar refractivity (Wildman–Crippen MR) is 83.6 cm³/mol. The molecule has 0 saturated carbocycles. The maximum absolute atomic E-state index is 12.9. The van der Waals surface area contributed by atoms with Gasteiger partial charge in [0.1, 0.15) is 6.04 Å². The van der Waals surface area contributed by atoms with Crippen LogP contribution in [-0.4, -0.2) is 41.6 Å². The van der Waals surface area contributed by atoms with Gasteiger partial charge in [-0.15, -0.1) is 0 Å². The highest BCUT2D eigenvalue weighted by Crippen LogP contribution is 2.35. The lowest BCUT2D eigenvalue weighted by atomic mass is 9.95. The van der Waals surface area contributed by atoms with Crippen LogP contribution in [0.2, 0.25) is 0 Å². The summed E-state index contributed by atoms with van der Waals surface area (Å²) in [5.41, 5.74) is 4.01. The number of rotatable bonds is 3. The number of benzene rings is 1. The van der Waals surface area contributed by atoms with E-state index in [1.807, 2.05) is 0 Å². The summed E-state index contributed by atoms with van der Waals surface area (Å²) in [5.74, 6) is -2.35. The molecular formula is C16H20N2O6. The molecule has 0 aromatic heterocycles. The second kappa shape index (κ2) is 6.48. The summed E-state index contributed by atoms with van der Waals surface area (Å²) in [7, 11) is 1.34. The van der Waals surface area contributed by atoms with Gasteiger partial charge in [0.2, 0.25) is 17.4 Å². The second-order valence-corrected chi connectivity index (χ2v) is 5.79. The maximum Gasteiger partial charge on any atom is 0.325 e. The Kier molecular flexibility index (Phi) is 4.79. The van der Waals surface area contributed by atoms with Crippen LogP contribution in [0.15, 0.2) is 12.1 Å². The smallest absolute Gasteiger partial charge is 0.325 e. The molecule has 4 N–H and O–H groups in total. The molecule has 24 heavy (non-hydrogen) atoms. The van der Waals surface area contributed by atoms with E-state index in [0.29, 0.717) is 5.56 Å². The standard InChI is InChI=1S/C16H20N2O6/c1-8-4-6-10(23-3)13(20)12(8)14(21)16(2)18-11(19)7-5-9(17)15(22)24-16/h4,6,9,20H,5,7,17H2,1-3H3,(H,18,19)/t9-,16+/m1/s1. The van der Waals surface area contributed by atoms with Crippen LogP contribution in [0.5, 0.6) is 11.5 Å². The van der Waals surface area contributed by atoms with Crippen LogP contribution >= 0.6 is 0 Å². The molecule has 1 aromatic carbocycles. The Balaban J connectivity index is 2.49. The van der Waals surface area contributed by atoms with Crippen molar-refractivity contribution < 1.29 is 29.0 Å². The monoisotopic (exact) mass is 336 g/mol. The fourth-order valence-electron chi connectivity index (χ4n) is 2.50. The van der Waals surface area contributed by atoms with Gasteiger partial charge < -0.3 is 25.6 Å². The van der Waals surface area contributed by atoms with Crippen LogP contribution < -0.4 is 15.8 Å². The second-order valence-electron chi connectivity index (χ2n) is 5.79. The number of Topliss-reactive ketones (excluding diaryl/α,β-unsaturated/α-hetero) is 1. The lowest BCUT2D eigenvalue weighted by Crippen LogP contribution is -2.58. The third kappa shape index (κ3) is 3.18. The Morgan fingerprint density at radius 2 is 2.12 bits per heavy atom. The number of nitrogens with two attached hydrogens (primary N) is 1. The van der Waals surface area contributed by atoms with Crippen LogP contribution in [0.4, 0.5) is 0 Å². The molecule has 130 valence electrons. The fourth-order valence-corrected chi connectivity index (χ4v) is 2.50. The molecule has 1 aromatic rings. The number of esters is 1. The summed E-state index contributed by atoms with van der Waals surface area (Å²) < 4.78 is 10.2. The van der Waals surface area contributed by atoms with E-state index in [2.05, 4.69) is 5.32 Å². The minimum atomic E-state index is -1.97. The number of aryl methyl sites for hydroxylation is 1. The Labute approximate surface area is 138 Å². The normalized spacial score (nSPS) is 24.4. The minimum Gasteiger partial charge on any atom is -0.504 e. The molecule has 1 heterocycles. The Morgan fingerprint density at radius 3 is 2.75 bits per heavy atom. The largest absolute Gasteiger partial charge is 0.504 e. The number of aromatic hydroxyl groups is 1. The maximum atomic E-state index is 12.9. The summed E-state index contributed by atoms with van der Waals surface area (Å²) in [6.07, 6.45) is 0.112. The third-order valence-electron chi connectivity index (χ3n) is 3.90. The first-order valence-corrected chi connectivity index (χ1v) is 7.40. The van der Waals surface area contributed by atoms with E-state index in [1.54, 1.807) is 13.0 Å². The molecule has 8 nitrogen and oxygen atoms in total. The van der Waals surface area contributed by atoms with E-state index < -0.39 is 29.4 Å².